The monoisotopic (exact) mass is 357 g/mol. The molecule has 0 aliphatic carbocycles. The van der Waals surface area contributed by atoms with Crippen LogP contribution < -0.4 is 5.43 Å². The molecule has 2 N–H and O–H groups in total. The molecule has 25 heavy (non-hydrogen) atoms. The normalized spacial score (nSPS) is 18.2. The second-order valence-corrected chi connectivity index (χ2v) is 7.61. The van der Waals surface area contributed by atoms with Crippen molar-refractivity contribution in [2.45, 2.75) is 51.8 Å². The van der Waals surface area contributed by atoms with Crippen LogP contribution in [0.3, 0.4) is 0 Å². The molecule has 1 heterocycles. The lowest BCUT2D eigenvalue weighted by Gasteiger charge is -2.42. The minimum absolute atomic E-state index is 0.336. The molecule has 1 aromatic carbocycles. The fraction of sp³-hybridized carbons (Fsp3) is 0.611. The molecule has 1 unspecified atom stereocenters. The lowest BCUT2D eigenvalue weighted by atomic mass is 9.73. The maximum atomic E-state index is 12.6. The molecule has 0 saturated heterocycles. The van der Waals surface area contributed by atoms with Crippen LogP contribution in [0.5, 0.6) is 0 Å². The number of nitrogens with zero attached hydrogens (tertiary/aromatic N) is 2. The molecule has 0 saturated carbocycles. The van der Waals surface area contributed by atoms with Crippen molar-refractivity contribution < 1.29 is 18.3 Å². The first-order chi connectivity index (χ1) is 11.5. The predicted molar refractivity (Wildman–Crippen MR) is 92.0 cm³/mol. The van der Waals surface area contributed by atoms with E-state index < -0.39 is 17.3 Å². The third kappa shape index (κ3) is 5.19. The Labute approximate surface area is 146 Å². The predicted octanol–water partition coefficient (Wildman–Crippen LogP) is 3.61. The van der Waals surface area contributed by atoms with Gasteiger partial charge in [0.25, 0.3) is 0 Å². The highest BCUT2D eigenvalue weighted by molar-refractivity contribution is 5.55. The second-order valence-electron chi connectivity index (χ2n) is 7.61. The summed E-state index contributed by atoms with van der Waals surface area (Å²) in [5.74, 6) is 0. The molecule has 0 radical (unpaired) electrons. The Morgan fingerprint density at radius 1 is 1.16 bits per heavy atom. The van der Waals surface area contributed by atoms with Crippen LogP contribution in [0.15, 0.2) is 29.3 Å². The van der Waals surface area contributed by atoms with Gasteiger partial charge in [0.1, 0.15) is 6.67 Å². The zero-order valence-corrected chi connectivity index (χ0v) is 14.9. The Kier molecular flexibility index (Phi) is 5.79. The molecular formula is C18H26F3N3O. The Balaban J connectivity index is 1.94. The highest BCUT2D eigenvalue weighted by Crippen LogP contribution is 2.35. The zero-order chi connectivity index (χ0) is 18.7. The average Bonchev–Trinajstić information content (AvgIpc) is 2.98. The van der Waals surface area contributed by atoms with Crippen LogP contribution in [0.4, 0.5) is 13.2 Å². The fourth-order valence-corrected chi connectivity index (χ4v) is 2.85. The van der Waals surface area contributed by atoms with E-state index in [1.807, 2.05) is 25.8 Å². The number of hydrogen-bond acceptors (Lipinski definition) is 4. The standard InChI is InChI=1S/C18H26F3N3O/c1-16(2,3)17(25,11-24-13-22-12-23-24)10-4-5-14-6-8-15(9-7-14)18(19,20)21/h6-9,12,25H,4-5,10-11,13H2,1-3H3,(H,22,23). The van der Waals surface area contributed by atoms with Gasteiger partial charge in [0.05, 0.1) is 17.5 Å². The topological polar surface area (TPSA) is 47.9 Å². The second kappa shape index (κ2) is 7.33. The van der Waals surface area contributed by atoms with Gasteiger partial charge in [0, 0.05) is 6.54 Å². The van der Waals surface area contributed by atoms with Crippen LogP contribution in [-0.4, -0.2) is 35.3 Å². The van der Waals surface area contributed by atoms with Gasteiger partial charge >= 0.3 is 6.18 Å². The molecule has 0 aromatic heterocycles. The summed E-state index contributed by atoms with van der Waals surface area (Å²) in [6, 6.07) is 5.23. The molecule has 1 aliphatic rings. The van der Waals surface area contributed by atoms with Gasteiger partial charge in [0.2, 0.25) is 0 Å². The number of alkyl halides is 3. The highest BCUT2D eigenvalue weighted by Gasteiger charge is 2.41. The van der Waals surface area contributed by atoms with Crippen LogP contribution in [-0.2, 0) is 12.6 Å². The van der Waals surface area contributed by atoms with Gasteiger partial charge in [-0.1, -0.05) is 32.9 Å². The Hall–Kier alpha value is -1.60. The van der Waals surface area contributed by atoms with E-state index >= 15 is 0 Å². The molecule has 0 bridgehead atoms. The minimum atomic E-state index is -4.31. The smallest absolute Gasteiger partial charge is 0.388 e. The van der Waals surface area contributed by atoms with Crippen molar-refractivity contribution >= 4 is 6.34 Å². The molecule has 1 aromatic rings. The number of halogens is 3. The highest BCUT2D eigenvalue weighted by atomic mass is 19.4. The van der Waals surface area contributed by atoms with Crippen LogP contribution in [0.2, 0.25) is 0 Å². The van der Waals surface area contributed by atoms with Crippen molar-refractivity contribution in [1.29, 1.82) is 0 Å². The van der Waals surface area contributed by atoms with Crippen LogP contribution in [0, 0.1) is 5.41 Å². The zero-order valence-electron chi connectivity index (χ0n) is 14.9. The molecule has 0 spiro atoms. The summed E-state index contributed by atoms with van der Waals surface area (Å²) in [5.41, 5.74) is 1.92. The third-order valence-corrected chi connectivity index (χ3v) is 4.77. The average molecular weight is 357 g/mol. The molecule has 1 atom stereocenters. The number of rotatable bonds is 6. The first-order valence-corrected chi connectivity index (χ1v) is 8.39. The third-order valence-electron chi connectivity index (χ3n) is 4.77. The van der Waals surface area contributed by atoms with Gasteiger partial charge < -0.3 is 10.5 Å². The van der Waals surface area contributed by atoms with E-state index in [9.17, 15) is 18.3 Å². The molecule has 4 nitrogen and oxygen atoms in total. The Morgan fingerprint density at radius 2 is 1.80 bits per heavy atom. The summed E-state index contributed by atoms with van der Waals surface area (Å²) < 4.78 is 37.8. The first-order valence-electron chi connectivity index (χ1n) is 8.39. The number of nitrogens with one attached hydrogen (secondary N) is 1. The van der Waals surface area contributed by atoms with Gasteiger partial charge in [-0.15, -0.1) is 0 Å². The molecular weight excluding hydrogens is 331 g/mol. The van der Waals surface area contributed by atoms with Gasteiger partial charge in [-0.3, -0.25) is 4.99 Å². The van der Waals surface area contributed by atoms with Crippen molar-refractivity contribution in [3.8, 4) is 0 Å². The number of aliphatic imine (C=N–C) groups is 1. The van der Waals surface area contributed by atoms with Crippen molar-refractivity contribution in [2.24, 2.45) is 10.4 Å². The lowest BCUT2D eigenvalue weighted by Crippen LogP contribution is -2.53. The van der Waals surface area contributed by atoms with E-state index in [2.05, 4.69) is 10.4 Å². The molecule has 0 amide bonds. The fourth-order valence-electron chi connectivity index (χ4n) is 2.85. The number of aliphatic hydroxyl groups is 1. The van der Waals surface area contributed by atoms with Gasteiger partial charge in [-0.2, -0.15) is 18.2 Å². The summed E-state index contributed by atoms with van der Waals surface area (Å²) in [5, 5.41) is 13.0. The van der Waals surface area contributed by atoms with Crippen LogP contribution in [0.25, 0.3) is 0 Å². The molecule has 2 rings (SSSR count). The Morgan fingerprint density at radius 3 is 2.28 bits per heavy atom. The minimum Gasteiger partial charge on any atom is -0.388 e. The summed E-state index contributed by atoms with van der Waals surface area (Å²) >= 11 is 0. The first kappa shape index (κ1) is 19.7. The SMILES string of the molecule is CC(C)(C)C(O)(CCCc1ccc(C(F)(F)F)cc1)CN1CN=CN1. The maximum Gasteiger partial charge on any atom is 0.416 e. The Bertz CT molecular complexity index is 585. The quantitative estimate of drug-likeness (QED) is 0.818. The van der Waals surface area contributed by atoms with Gasteiger partial charge in [-0.25, -0.2) is 0 Å². The van der Waals surface area contributed by atoms with Crippen molar-refractivity contribution in [1.82, 2.24) is 10.4 Å². The summed E-state index contributed by atoms with van der Waals surface area (Å²) in [4.78, 5) is 4.07. The van der Waals surface area contributed by atoms with Crippen molar-refractivity contribution in [3.05, 3.63) is 35.4 Å². The van der Waals surface area contributed by atoms with E-state index in [1.54, 1.807) is 6.34 Å². The summed E-state index contributed by atoms with van der Waals surface area (Å²) in [6.07, 6.45) is -0.842. The van der Waals surface area contributed by atoms with Crippen molar-refractivity contribution in [2.75, 3.05) is 13.2 Å². The van der Waals surface area contributed by atoms with Crippen molar-refractivity contribution in [3.63, 3.8) is 0 Å². The number of aryl methyl sites for hydroxylation is 1. The molecule has 7 heteroatoms. The lowest BCUT2D eigenvalue weighted by molar-refractivity contribution is -0.137. The number of hydrazine groups is 1. The molecule has 0 fully saturated rings. The largest absolute Gasteiger partial charge is 0.416 e. The number of benzene rings is 1. The number of hydrogen-bond donors (Lipinski definition) is 2. The van der Waals surface area contributed by atoms with E-state index in [-0.39, 0.29) is 5.41 Å². The number of β-amino-alcohol motifs (C(OH)–C–C–N with tert-alkyl or cyclic N) is 1. The van der Waals surface area contributed by atoms with Gasteiger partial charge in [-0.05, 0) is 42.4 Å². The van der Waals surface area contributed by atoms with E-state index in [1.165, 1.54) is 12.1 Å². The maximum absolute atomic E-state index is 12.6. The van der Waals surface area contributed by atoms with E-state index in [4.69, 9.17) is 0 Å². The molecule has 140 valence electrons. The van der Waals surface area contributed by atoms with Crippen LogP contribution >= 0.6 is 0 Å². The summed E-state index contributed by atoms with van der Waals surface area (Å²) in [6.45, 7) is 6.90. The van der Waals surface area contributed by atoms with E-state index in [0.717, 1.165) is 17.7 Å². The molecule has 1 aliphatic heterocycles. The van der Waals surface area contributed by atoms with Gasteiger partial charge in [0.15, 0.2) is 0 Å². The van der Waals surface area contributed by atoms with E-state index in [0.29, 0.717) is 32.5 Å². The van der Waals surface area contributed by atoms with Crippen LogP contribution in [0.1, 0.15) is 44.7 Å². The summed E-state index contributed by atoms with van der Waals surface area (Å²) in [7, 11) is 0.